The Balaban J connectivity index is 1.47. The predicted octanol–water partition coefficient (Wildman–Crippen LogP) is -6.20. The number of hydrogen-bond acceptors (Lipinski definition) is 23. The molecule has 0 spiro atoms. The molecular weight excluding hydrogens is 1440 g/mol. The molecule has 3 aromatic rings. The van der Waals surface area contributed by atoms with Crippen LogP contribution in [0.5, 0.6) is 11.5 Å². The second-order valence-corrected chi connectivity index (χ2v) is 28.4. The van der Waals surface area contributed by atoms with Gasteiger partial charge < -0.3 is 94.0 Å². The number of carboxylic acid groups (broad SMARTS) is 1. The molecule has 107 heavy (non-hydrogen) atoms. The first-order chi connectivity index (χ1) is 50.6. The molecular formula is C67H95N17O21S2. The summed E-state index contributed by atoms with van der Waals surface area (Å²) in [6.07, 6.45) is -2.20. The highest BCUT2D eigenvalue weighted by atomic mass is 33.1. The van der Waals surface area contributed by atoms with Crippen LogP contribution in [0.15, 0.2) is 64.3 Å². The van der Waals surface area contributed by atoms with Crippen molar-refractivity contribution in [3.05, 3.63) is 92.3 Å². The number of carboxylic acids is 1. The zero-order valence-corrected chi connectivity index (χ0v) is 61.9. The van der Waals surface area contributed by atoms with E-state index in [0.29, 0.717) is 11.1 Å². The molecule has 2 saturated heterocycles. The van der Waals surface area contributed by atoms with Gasteiger partial charge >= 0.3 is 11.7 Å². The van der Waals surface area contributed by atoms with Crippen LogP contribution in [-0.2, 0) is 91.3 Å². The monoisotopic (exact) mass is 1540 g/mol. The average molecular weight is 1540 g/mol. The quantitative estimate of drug-likeness (QED) is 0.0288. The lowest BCUT2D eigenvalue weighted by molar-refractivity contribution is -0.143. The van der Waals surface area contributed by atoms with Crippen LogP contribution in [0.1, 0.15) is 77.0 Å². The van der Waals surface area contributed by atoms with Gasteiger partial charge in [0.25, 0.3) is 5.56 Å². The van der Waals surface area contributed by atoms with Crippen LogP contribution in [0.2, 0.25) is 0 Å². The lowest BCUT2D eigenvalue weighted by atomic mass is 10.0. The number of rotatable bonds is 29. The van der Waals surface area contributed by atoms with E-state index < -0.39 is 181 Å². The van der Waals surface area contributed by atoms with E-state index in [1.165, 1.54) is 76.3 Å². The lowest BCUT2D eigenvalue weighted by Gasteiger charge is -2.31. The number of aromatic hydroxyl groups is 2. The lowest BCUT2D eigenvalue weighted by Crippen LogP contribution is -2.61. The number of aryl methyl sites for hydroxylation is 1. The van der Waals surface area contributed by atoms with Crippen LogP contribution < -0.4 is 75.1 Å². The fourth-order valence-corrected chi connectivity index (χ4v) is 13.4. The second kappa shape index (κ2) is 43.1. The largest absolute Gasteiger partial charge is 0.508 e. The molecule has 0 bridgehead atoms. The smallest absolute Gasteiger partial charge is 0.328 e. The van der Waals surface area contributed by atoms with E-state index in [1.54, 1.807) is 18.7 Å². The van der Waals surface area contributed by atoms with Gasteiger partial charge in [0.05, 0.1) is 32.2 Å². The van der Waals surface area contributed by atoms with Gasteiger partial charge in [0.1, 0.15) is 66.4 Å². The van der Waals surface area contributed by atoms with Crippen molar-refractivity contribution < 1.29 is 92.3 Å². The number of carbonyl (C=O) groups is 15. The molecule has 2 aromatic carbocycles. The Labute approximate surface area is 622 Å². The van der Waals surface area contributed by atoms with Gasteiger partial charge in [0, 0.05) is 103 Å². The van der Waals surface area contributed by atoms with Gasteiger partial charge in [-0.05, 0) is 74.4 Å². The van der Waals surface area contributed by atoms with Crippen LogP contribution in [-0.4, -0.2) is 272 Å². The topological polar surface area (TPSA) is 546 Å². The van der Waals surface area contributed by atoms with Crippen LogP contribution in [0.3, 0.4) is 0 Å². The Kier molecular flexibility index (Phi) is 35.1. The Morgan fingerprint density at radius 1 is 0.664 bits per heavy atom. The Hall–Kier alpha value is -10.6. The highest BCUT2D eigenvalue weighted by Crippen LogP contribution is 2.26. The summed E-state index contributed by atoms with van der Waals surface area (Å²) in [5.74, 6) is -15.1. The number of benzene rings is 2. The minimum atomic E-state index is -2.04. The predicted molar refractivity (Wildman–Crippen MR) is 387 cm³/mol. The number of aliphatic carboxylic acids is 1. The number of nitrogens with one attached hydrogen (secondary N) is 13. The van der Waals surface area contributed by atoms with E-state index in [-0.39, 0.29) is 119 Å². The fourth-order valence-electron chi connectivity index (χ4n) is 11.1. The number of amides is 14. The van der Waals surface area contributed by atoms with Gasteiger partial charge in [0.2, 0.25) is 82.7 Å². The molecule has 9 atom stereocenters. The molecule has 40 heteroatoms. The summed E-state index contributed by atoms with van der Waals surface area (Å²) in [7, 11) is 2.95. The van der Waals surface area contributed by atoms with E-state index in [1.807, 2.05) is 0 Å². The molecule has 38 nitrogen and oxygen atoms in total. The van der Waals surface area contributed by atoms with Crippen LogP contribution >= 0.6 is 21.6 Å². The van der Waals surface area contributed by atoms with E-state index in [4.69, 9.17) is 0 Å². The molecule has 2 fully saturated rings. The van der Waals surface area contributed by atoms with Gasteiger partial charge in [-0.25, -0.2) is 4.79 Å². The highest BCUT2D eigenvalue weighted by molar-refractivity contribution is 8.76. The van der Waals surface area contributed by atoms with Gasteiger partial charge in [-0.1, -0.05) is 59.7 Å². The number of likely N-dealkylation sites (tertiary alicyclic amines) is 1. The molecule has 0 aliphatic carbocycles. The van der Waals surface area contributed by atoms with E-state index >= 15 is 0 Å². The van der Waals surface area contributed by atoms with E-state index in [0.717, 1.165) is 49.1 Å². The van der Waals surface area contributed by atoms with Crippen LogP contribution in [0, 0.1) is 12.8 Å². The van der Waals surface area contributed by atoms with Gasteiger partial charge in [-0.15, -0.1) is 0 Å². The normalized spacial score (nSPS) is 19.9. The number of aliphatic hydroxyl groups is 1. The number of hydrogen-bond donors (Lipinski definition) is 17. The van der Waals surface area contributed by atoms with Crippen molar-refractivity contribution >= 4 is 110 Å². The molecule has 14 amide bonds. The first kappa shape index (κ1) is 87.0. The third kappa shape index (κ3) is 29.7. The number of H-pyrrole nitrogens is 1. The Morgan fingerprint density at radius 3 is 1.79 bits per heavy atom. The first-order valence-electron chi connectivity index (χ1n) is 34.3. The molecule has 0 saturated carbocycles. The number of phenolic OH excluding ortho intramolecular Hbond substituents is 2. The Morgan fingerprint density at radius 2 is 1.22 bits per heavy atom. The molecule has 5 rings (SSSR count). The number of nitrogens with zero attached hydrogens (tertiary/aromatic N) is 4. The summed E-state index contributed by atoms with van der Waals surface area (Å²) in [6.45, 7) is 6.18. The molecule has 3 heterocycles. The Bertz CT molecular complexity index is 3780. The minimum absolute atomic E-state index is 0.0243. The summed E-state index contributed by atoms with van der Waals surface area (Å²) in [6, 6.07) is -2.28. The zero-order valence-electron chi connectivity index (χ0n) is 60.2. The summed E-state index contributed by atoms with van der Waals surface area (Å²) >= 11 is 0. The summed E-state index contributed by atoms with van der Waals surface area (Å²) < 4.78 is 0.904. The van der Waals surface area contributed by atoms with Crippen molar-refractivity contribution in [2.45, 2.75) is 141 Å². The van der Waals surface area contributed by atoms with Crippen molar-refractivity contribution in [1.82, 2.24) is 88.1 Å². The number of aromatic nitrogens is 2. The molecule has 17 N–H and O–H groups in total. The number of aromatic amines is 1. The molecule has 2 unspecified atom stereocenters. The van der Waals surface area contributed by atoms with Crippen LogP contribution in [0.25, 0.3) is 0 Å². The van der Waals surface area contributed by atoms with Crippen LogP contribution in [0.4, 0.5) is 0 Å². The van der Waals surface area contributed by atoms with Crippen molar-refractivity contribution in [2.24, 2.45) is 5.92 Å². The first-order valence-corrected chi connectivity index (χ1v) is 36.8. The number of aliphatic hydroxyl groups excluding tert-OH is 1. The molecule has 1 aromatic heterocycles. The number of phenols is 2. The highest BCUT2D eigenvalue weighted by Gasteiger charge is 2.41. The van der Waals surface area contributed by atoms with E-state index in [9.17, 15) is 102 Å². The molecule has 2 aliphatic heterocycles. The number of carbonyl (C=O) groups excluding carboxylic acids is 14. The zero-order chi connectivity index (χ0) is 79.2. The standard InChI is InChI=1S/C67H95N17O21S2/c1-36(2)25-48(73-54(92)32-82(55(93)33-83-30-37(3)58(96)80-67(83)105)24-20-71-53(91)31-81(22-18-69-39(5)86)23-19-70-40(6)87)66(104)84-21-8-9-51(84)64(102)77-50-35-107-106-34-49(59(97)68-7)78-65(103)57(38(4)85)79-52(90)29-72-60(98)45(26-41-10-14-43(88)15-11-41)74-61(99)46(27-42-12-16-44(89)17-13-42)75-62(100)47(28-56(94)95)76-63(50)101/h10-17,30,36,38,45-51,57,85,88-89H,8-9,18-29,31-35H2,1-7H3,(H,68,97)(H,69,86)(H,70,87)(H,71,91)(H,72,98)(H,73,92)(H,74,99)(H,75,100)(H,76,101)(H,77,102)(H,78,103)(H,79,90)(H,94,95)(H,80,96,105)/t38?,45-,46-,47-,48?,49-,50-,51-,57-/m0/s1. The summed E-state index contributed by atoms with van der Waals surface area (Å²) in [4.78, 5) is 237. The van der Waals surface area contributed by atoms with Crippen molar-refractivity contribution in [2.75, 3.05) is 84.0 Å². The maximum atomic E-state index is 14.9. The van der Waals surface area contributed by atoms with Gasteiger partial charge in [-0.2, -0.15) is 0 Å². The van der Waals surface area contributed by atoms with Gasteiger partial charge in [0.15, 0.2) is 0 Å². The third-order valence-electron chi connectivity index (χ3n) is 16.6. The SMILES string of the molecule is CNC(=O)[C@@H]1CSSC[C@H](NC(=O)[C@@H]2CCCN2C(=O)C(CC(C)C)NC(=O)CN(CCNC(=O)CN(CCNC(C)=O)CCNC(C)=O)C(=O)Cn2cc(C)c(=O)[nH]c2=O)C(=O)N[C@@H](CC(=O)O)C(=O)N[C@@H](Cc2ccc(O)cc2)C(=O)N[C@@H](Cc2ccc(O)cc2)C(=O)NCC(=O)N[C@@H](C(C)O)C(=O)N1. The molecule has 586 valence electrons. The van der Waals surface area contributed by atoms with Gasteiger partial charge in [-0.3, -0.25) is 91.2 Å². The maximum absolute atomic E-state index is 14.9. The van der Waals surface area contributed by atoms with Crippen molar-refractivity contribution in [3.8, 4) is 11.5 Å². The average Bonchev–Trinajstić information content (AvgIpc) is 1.82. The fraction of sp³-hybridized carbons (Fsp3) is 0.537. The minimum Gasteiger partial charge on any atom is -0.508 e. The summed E-state index contributed by atoms with van der Waals surface area (Å²) in [5.41, 5.74) is -0.919. The summed E-state index contributed by atoms with van der Waals surface area (Å²) in [5, 5.41) is 71.2. The number of likely N-dealkylation sites (N-methyl/N-ethyl adjacent to an activating group) is 1. The third-order valence-corrected chi connectivity index (χ3v) is 19.1. The maximum Gasteiger partial charge on any atom is 0.328 e. The second-order valence-electron chi connectivity index (χ2n) is 25.9. The molecule has 0 radical (unpaired) electrons. The molecule has 2 aliphatic rings. The van der Waals surface area contributed by atoms with Crippen molar-refractivity contribution in [3.63, 3.8) is 0 Å². The van der Waals surface area contributed by atoms with E-state index in [2.05, 4.69) is 68.8 Å². The van der Waals surface area contributed by atoms with Crippen molar-refractivity contribution in [1.29, 1.82) is 0 Å².